The molecule has 3 aromatic heterocycles. The van der Waals surface area contributed by atoms with Crippen molar-refractivity contribution in [2.24, 2.45) is 0 Å². The first kappa shape index (κ1) is 23.1. The number of nitrogens with zero attached hydrogens (tertiary/aromatic N) is 6. The minimum absolute atomic E-state index is 0.138. The van der Waals surface area contributed by atoms with E-state index < -0.39 is 5.82 Å². The Kier molecular flexibility index (Phi) is 5.84. The lowest BCUT2D eigenvalue weighted by atomic mass is 9.91. The Balaban J connectivity index is 1.58. The van der Waals surface area contributed by atoms with Gasteiger partial charge in [-0.05, 0) is 57.9 Å². The van der Waals surface area contributed by atoms with Crippen molar-refractivity contribution < 1.29 is 4.39 Å². The minimum Gasteiger partial charge on any atom is -0.310 e. The molecule has 1 atom stereocenters. The summed E-state index contributed by atoms with van der Waals surface area (Å²) in [5.41, 5.74) is 4.40. The summed E-state index contributed by atoms with van der Waals surface area (Å²) in [5.74, 6) is -0.463. The molecule has 1 aliphatic heterocycles. The molecule has 1 N–H and O–H groups in total. The highest BCUT2D eigenvalue weighted by Crippen LogP contribution is 2.38. The maximum atomic E-state index is 13.7. The first-order valence-electron chi connectivity index (χ1n) is 11.4. The number of benzene rings is 1. The molecule has 7 nitrogen and oxygen atoms in total. The van der Waals surface area contributed by atoms with E-state index in [0.717, 1.165) is 41.1 Å². The Bertz CT molecular complexity index is 1510. The fourth-order valence-corrected chi connectivity index (χ4v) is 5.66. The molecule has 35 heavy (non-hydrogen) atoms. The minimum atomic E-state index is -0.463. The average Bonchev–Trinajstić information content (AvgIpc) is 3.43. The molecule has 1 aliphatic rings. The van der Waals surface area contributed by atoms with E-state index in [2.05, 4.69) is 48.0 Å². The van der Waals surface area contributed by atoms with Crippen LogP contribution in [-0.4, -0.2) is 31.5 Å². The zero-order chi connectivity index (χ0) is 24.7. The summed E-state index contributed by atoms with van der Waals surface area (Å²) in [6, 6.07) is 10.7. The number of aromatic nitrogens is 4. The third kappa shape index (κ3) is 4.29. The molecule has 1 saturated heterocycles. The van der Waals surface area contributed by atoms with Gasteiger partial charge in [-0.15, -0.1) is 0 Å². The summed E-state index contributed by atoms with van der Waals surface area (Å²) in [6.07, 6.45) is 7.42. The molecule has 0 amide bonds. The number of hydrogen-bond donors (Lipinski definition) is 1. The van der Waals surface area contributed by atoms with Crippen LogP contribution in [0.4, 0.5) is 4.39 Å². The van der Waals surface area contributed by atoms with Gasteiger partial charge in [-0.2, -0.15) is 20.7 Å². The number of hydrogen-bond acceptors (Lipinski definition) is 6. The molecule has 9 heteroatoms. The Labute approximate surface area is 207 Å². The molecule has 4 aromatic rings. The molecule has 5 rings (SSSR count). The third-order valence-electron chi connectivity index (χ3n) is 6.60. The van der Waals surface area contributed by atoms with Crippen molar-refractivity contribution in [3.05, 3.63) is 65.5 Å². The number of halogens is 1. The fraction of sp³-hybridized carbons (Fsp3) is 0.308. The fourth-order valence-electron chi connectivity index (χ4n) is 4.58. The van der Waals surface area contributed by atoms with Crippen molar-refractivity contribution in [1.82, 2.24) is 24.7 Å². The van der Waals surface area contributed by atoms with E-state index >= 15 is 0 Å². The first-order valence-corrected chi connectivity index (χ1v) is 12.2. The van der Waals surface area contributed by atoms with Crippen molar-refractivity contribution in [3.8, 4) is 23.3 Å². The predicted octanol–water partition coefficient (Wildman–Crippen LogP) is 5.24. The van der Waals surface area contributed by atoms with E-state index in [-0.39, 0.29) is 17.1 Å². The number of nitriles is 2. The van der Waals surface area contributed by atoms with Crippen LogP contribution < -0.4 is 5.32 Å². The van der Waals surface area contributed by atoms with Crippen LogP contribution in [0.15, 0.2) is 52.6 Å². The summed E-state index contributed by atoms with van der Waals surface area (Å²) in [7, 11) is 0. The molecule has 0 saturated carbocycles. The maximum absolute atomic E-state index is 13.7. The molecule has 0 unspecified atom stereocenters. The van der Waals surface area contributed by atoms with E-state index in [1.165, 1.54) is 30.1 Å². The summed E-state index contributed by atoms with van der Waals surface area (Å²) in [6.45, 7) is 7.37. The Hall–Kier alpha value is -3.66. The Morgan fingerprint density at radius 1 is 1.11 bits per heavy atom. The van der Waals surface area contributed by atoms with Crippen LogP contribution in [0.1, 0.15) is 49.6 Å². The second-order valence-electron chi connectivity index (χ2n) is 9.46. The summed E-state index contributed by atoms with van der Waals surface area (Å²) in [5, 5.41) is 31.9. The summed E-state index contributed by atoms with van der Waals surface area (Å²) >= 11 is 1.32. The molecule has 0 spiro atoms. The van der Waals surface area contributed by atoms with Crippen molar-refractivity contribution in [3.63, 3.8) is 0 Å². The van der Waals surface area contributed by atoms with Crippen molar-refractivity contribution in [2.75, 3.05) is 6.54 Å². The lowest BCUT2D eigenvalue weighted by Gasteiger charge is -2.36. The monoisotopic (exact) mass is 485 g/mol. The van der Waals surface area contributed by atoms with E-state index in [4.69, 9.17) is 5.10 Å². The smallest absolute Gasteiger partial charge is 0.124 e. The quantitative estimate of drug-likeness (QED) is 0.425. The lowest BCUT2D eigenvalue weighted by molar-refractivity contribution is 0.231. The van der Waals surface area contributed by atoms with Gasteiger partial charge in [0, 0.05) is 44.9 Å². The highest BCUT2D eigenvalue weighted by molar-refractivity contribution is 7.99. The van der Waals surface area contributed by atoms with Crippen LogP contribution in [0.25, 0.3) is 16.6 Å². The number of pyridine rings is 1. The van der Waals surface area contributed by atoms with Gasteiger partial charge >= 0.3 is 0 Å². The van der Waals surface area contributed by atoms with Crippen molar-refractivity contribution in [2.45, 2.75) is 55.0 Å². The molecule has 4 heterocycles. The largest absolute Gasteiger partial charge is 0.310 e. The molecule has 0 radical (unpaired) electrons. The van der Waals surface area contributed by atoms with Crippen LogP contribution in [0.3, 0.4) is 0 Å². The second kappa shape index (κ2) is 8.84. The van der Waals surface area contributed by atoms with E-state index in [0.29, 0.717) is 16.0 Å². The molecular formula is C26H24FN7S. The van der Waals surface area contributed by atoms with Gasteiger partial charge in [0.15, 0.2) is 0 Å². The highest BCUT2D eigenvalue weighted by Gasteiger charge is 2.28. The number of fused-ring (bicyclic) bond motifs is 1. The summed E-state index contributed by atoms with van der Waals surface area (Å²) in [4.78, 5) is 1.37. The Morgan fingerprint density at radius 3 is 2.63 bits per heavy atom. The number of nitrogens with one attached hydrogen (secondary N) is 1. The van der Waals surface area contributed by atoms with Crippen LogP contribution in [0.5, 0.6) is 0 Å². The second-order valence-corrected chi connectivity index (χ2v) is 10.5. The van der Waals surface area contributed by atoms with Crippen LogP contribution in [0, 0.1) is 35.4 Å². The van der Waals surface area contributed by atoms with Gasteiger partial charge in [0.2, 0.25) is 0 Å². The molecule has 0 aliphatic carbocycles. The lowest BCUT2D eigenvalue weighted by Crippen LogP contribution is -2.47. The van der Waals surface area contributed by atoms with Gasteiger partial charge in [-0.25, -0.2) is 8.91 Å². The SMILES string of the molecule is Cc1c(-c2cc(Sc3ccc(F)cc3C#N)c3c(C#N)cnn3c2)cnn1[C@@H]1CCC(C)(C)NC1. The highest BCUT2D eigenvalue weighted by atomic mass is 32.2. The van der Waals surface area contributed by atoms with Crippen LogP contribution in [0.2, 0.25) is 0 Å². The maximum Gasteiger partial charge on any atom is 0.124 e. The summed E-state index contributed by atoms with van der Waals surface area (Å²) < 4.78 is 17.5. The van der Waals surface area contributed by atoms with Crippen LogP contribution >= 0.6 is 11.8 Å². The topological polar surface area (TPSA) is 94.7 Å². The van der Waals surface area contributed by atoms with Gasteiger partial charge < -0.3 is 5.32 Å². The van der Waals surface area contributed by atoms with Gasteiger partial charge in [0.1, 0.15) is 18.0 Å². The molecule has 0 bridgehead atoms. The zero-order valence-electron chi connectivity index (χ0n) is 19.7. The average molecular weight is 486 g/mol. The molecular weight excluding hydrogens is 461 g/mol. The van der Waals surface area contributed by atoms with Gasteiger partial charge in [0.05, 0.1) is 35.1 Å². The number of piperidine rings is 1. The normalized spacial score (nSPS) is 17.3. The molecule has 1 aromatic carbocycles. The van der Waals surface area contributed by atoms with Gasteiger partial charge in [0.25, 0.3) is 0 Å². The van der Waals surface area contributed by atoms with Crippen molar-refractivity contribution in [1.29, 1.82) is 10.5 Å². The first-order chi connectivity index (χ1) is 16.8. The van der Waals surface area contributed by atoms with Crippen LogP contribution in [-0.2, 0) is 0 Å². The van der Waals surface area contributed by atoms with Gasteiger partial charge in [-0.1, -0.05) is 11.8 Å². The van der Waals surface area contributed by atoms with Gasteiger partial charge in [-0.3, -0.25) is 4.68 Å². The van der Waals surface area contributed by atoms with Crippen molar-refractivity contribution >= 4 is 17.3 Å². The van der Waals surface area contributed by atoms with E-state index in [1.807, 2.05) is 18.5 Å². The predicted molar refractivity (Wildman–Crippen MR) is 131 cm³/mol. The third-order valence-corrected chi connectivity index (χ3v) is 7.71. The molecule has 1 fully saturated rings. The molecule has 176 valence electrons. The Morgan fingerprint density at radius 2 is 1.91 bits per heavy atom. The van der Waals surface area contributed by atoms with E-state index in [9.17, 15) is 14.9 Å². The number of rotatable bonds is 4. The zero-order valence-corrected chi connectivity index (χ0v) is 20.5. The standard InChI is InChI=1S/C26H24FN7S/c1-16-22(14-32-34(16)21-6-7-26(2,3)30-13-21)18-9-24(25-19(11-29)12-31-33(25)15-18)35-23-5-4-20(27)8-17(23)10-28/h4-5,8-9,12,14-15,21,30H,6-7,13H2,1-3H3/t21-/m1/s1. The van der Waals surface area contributed by atoms with E-state index in [1.54, 1.807) is 10.6 Å².